The van der Waals surface area contributed by atoms with Gasteiger partial charge in [-0.1, -0.05) is 64.5 Å². The molecule has 1 aliphatic carbocycles. The van der Waals surface area contributed by atoms with Crippen LogP contribution in [0.25, 0.3) is 0 Å². The van der Waals surface area contributed by atoms with E-state index in [9.17, 15) is 4.79 Å². The van der Waals surface area contributed by atoms with Gasteiger partial charge in [0.25, 0.3) is 0 Å². The van der Waals surface area contributed by atoms with Crippen molar-refractivity contribution in [2.24, 2.45) is 0 Å². The minimum absolute atomic E-state index is 0.0489. The molecule has 4 heteroatoms. The summed E-state index contributed by atoms with van der Waals surface area (Å²) in [6.45, 7) is 0. The highest BCUT2D eigenvalue weighted by Crippen LogP contribution is 2.38. The minimum Gasteiger partial charge on any atom is -0.289 e. The monoisotopic (exact) mass is 330 g/mol. The molecular formula is C13H9BrCl2O. The molecule has 0 heterocycles. The summed E-state index contributed by atoms with van der Waals surface area (Å²) < 4.78 is -0.810. The highest BCUT2D eigenvalue weighted by Gasteiger charge is 2.32. The molecule has 1 nitrogen and oxygen atoms in total. The Bertz CT molecular complexity index is 491. The maximum absolute atomic E-state index is 12.1. The van der Waals surface area contributed by atoms with Gasteiger partial charge in [-0.15, -0.1) is 23.2 Å². The highest BCUT2D eigenvalue weighted by atomic mass is 79.9. The zero-order valence-corrected chi connectivity index (χ0v) is 11.8. The van der Waals surface area contributed by atoms with Crippen molar-refractivity contribution in [2.75, 3.05) is 0 Å². The minimum atomic E-state index is -0.810. The zero-order chi connectivity index (χ0) is 12.5. The van der Waals surface area contributed by atoms with Gasteiger partial charge in [-0.25, -0.2) is 0 Å². The third-order valence-corrected chi connectivity index (χ3v) is 4.44. The highest BCUT2D eigenvalue weighted by molar-refractivity contribution is 9.10. The first-order chi connectivity index (χ1) is 8.00. The average Bonchev–Trinajstić information content (AvgIpc) is 2.33. The van der Waals surface area contributed by atoms with Crippen LogP contribution in [0, 0.1) is 0 Å². The van der Waals surface area contributed by atoms with Gasteiger partial charge in [0.1, 0.15) is 3.78 Å². The summed E-state index contributed by atoms with van der Waals surface area (Å²) in [5, 5.41) is -0.461. The number of carbonyl (C=O) groups is 1. The predicted octanol–water partition coefficient (Wildman–Crippen LogP) is 4.30. The van der Waals surface area contributed by atoms with Crippen LogP contribution < -0.4 is 0 Å². The fourth-order valence-electron chi connectivity index (χ4n) is 1.52. The van der Waals surface area contributed by atoms with Crippen LogP contribution in [0.3, 0.4) is 0 Å². The molecule has 0 aliphatic heterocycles. The maximum atomic E-state index is 12.1. The van der Waals surface area contributed by atoms with Crippen molar-refractivity contribution < 1.29 is 4.79 Å². The normalized spacial score (nSPS) is 27.7. The van der Waals surface area contributed by atoms with E-state index in [1.807, 2.05) is 18.2 Å². The second-order valence-corrected chi connectivity index (χ2v) is 6.59. The molecule has 88 valence electrons. The number of benzene rings is 1. The SMILES string of the molecule is O=C(C1=CC(Cl)C(Cl)(Br)C=C1)c1ccccc1. The lowest BCUT2D eigenvalue weighted by Crippen LogP contribution is -2.25. The van der Waals surface area contributed by atoms with Crippen molar-refractivity contribution in [2.45, 2.75) is 9.16 Å². The first-order valence-electron chi connectivity index (χ1n) is 5.03. The van der Waals surface area contributed by atoms with Crippen LogP contribution in [0.1, 0.15) is 10.4 Å². The average molecular weight is 332 g/mol. The van der Waals surface area contributed by atoms with E-state index in [1.165, 1.54) is 0 Å². The summed E-state index contributed by atoms with van der Waals surface area (Å²) in [5.74, 6) is -0.0489. The first-order valence-corrected chi connectivity index (χ1v) is 6.64. The Morgan fingerprint density at radius 2 is 1.94 bits per heavy atom. The van der Waals surface area contributed by atoms with Crippen LogP contribution in [-0.2, 0) is 0 Å². The van der Waals surface area contributed by atoms with Crippen LogP contribution in [-0.4, -0.2) is 14.9 Å². The molecule has 17 heavy (non-hydrogen) atoms. The Labute approximate surface area is 118 Å². The Balaban J connectivity index is 2.27. The molecule has 0 amide bonds. The van der Waals surface area contributed by atoms with Crippen LogP contribution in [0.4, 0.5) is 0 Å². The van der Waals surface area contributed by atoms with E-state index in [1.54, 1.807) is 30.4 Å². The van der Waals surface area contributed by atoms with Crippen LogP contribution in [0.15, 0.2) is 54.1 Å². The third kappa shape index (κ3) is 2.82. The smallest absolute Gasteiger partial charge is 0.192 e. The summed E-state index contributed by atoms with van der Waals surface area (Å²) >= 11 is 15.4. The maximum Gasteiger partial charge on any atom is 0.192 e. The molecule has 0 aromatic heterocycles. The molecule has 0 fully saturated rings. The lowest BCUT2D eigenvalue weighted by atomic mass is 9.98. The number of rotatable bonds is 2. The molecule has 0 spiro atoms. The van der Waals surface area contributed by atoms with Gasteiger partial charge in [0.2, 0.25) is 0 Å². The number of allylic oxidation sites excluding steroid dienone is 4. The van der Waals surface area contributed by atoms with Gasteiger partial charge in [-0.3, -0.25) is 4.79 Å². The lowest BCUT2D eigenvalue weighted by Gasteiger charge is -2.23. The van der Waals surface area contributed by atoms with E-state index in [0.717, 1.165) is 0 Å². The predicted molar refractivity (Wildman–Crippen MR) is 75.1 cm³/mol. The van der Waals surface area contributed by atoms with Crippen molar-refractivity contribution in [3.8, 4) is 0 Å². The molecule has 0 radical (unpaired) electrons. The number of Topliss-reactive ketones (excluding diaryl/α,β-unsaturated/α-hetero) is 1. The molecule has 0 bridgehead atoms. The Morgan fingerprint density at radius 3 is 2.53 bits per heavy atom. The van der Waals surface area contributed by atoms with E-state index in [2.05, 4.69) is 15.9 Å². The van der Waals surface area contributed by atoms with E-state index < -0.39 is 9.16 Å². The van der Waals surface area contributed by atoms with Gasteiger partial charge in [0, 0.05) is 11.1 Å². The topological polar surface area (TPSA) is 17.1 Å². The molecule has 1 aliphatic rings. The molecule has 0 saturated carbocycles. The van der Waals surface area contributed by atoms with E-state index in [0.29, 0.717) is 11.1 Å². The van der Waals surface area contributed by atoms with Gasteiger partial charge in [0.05, 0.1) is 5.38 Å². The number of ketones is 1. The quantitative estimate of drug-likeness (QED) is 0.583. The summed E-state index contributed by atoms with van der Waals surface area (Å²) in [4.78, 5) is 12.1. The Morgan fingerprint density at radius 1 is 1.29 bits per heavy atom. The number of halogens is 3. The molecule has 1 aromatic carbocycles. The van der Waals surface area contributed by atoms with Gasteiger partial charge in [-0.05, 0) is 0 Å². The number of alkyl halides is 3. The van der Waals surface area contributed by atoms with E-state index in [4.69, 9.17) is 23.2 Å². The summed E-state index contributed by atoms with van der Waals surface area (Å²) in [6.07, 6.45) is 5.04. The number of hydrogen-bond acceptors (Lipinski definition) is 1. The standard InChI is InChI=1S/C13H9BrCl2O/c14-13(16)7-6-10(8-11(13)15)12(17)9-4-2-1-3-5-9/h1-8,11H. The molecule has 0 N–H and O–H groups in total. The molecule has 2 rings (SSSR count). The summed E-state index contributed by atoms with van der Waals surface area (Å²) in [7, 11) is 0. The number of hydrogen-bond donors (Lipinski definition) is 0. The lowest BCUT2D eigenvalue weighted by molar-refractivity contribution is 0.103. The summed E-state index contributed by atoms with van der Waals surface area (Å²) in [5.41, 5.74) is 1.20. The molecule has 2 atom stereocenters. The second-order valence-electron chi connectivity index (χ2n) is 3.73. The van der Waals surface area contributed by atoms with Gasteiger partial charge in [-0.2, -0.15) is 0 Å². The Kier molecular flexibility index (Phi) is 3.76. The van der Waals surface area contributed by atoms with Gasteiger partial charge in [0.15, 0.2) is 5.78 Å². The van der Waals surface area contributed by atoms with Gasteiger partial charge >= 0.3 is 0 Å². The Hall–Kier alpha value is -0.570. The second kappa shape index (κ2) is 4.97. The summed E-state index contributed by atoms with van der Waals surface area (Å²) in [6, 6.07) is 9.08. The van der Waals surface area contributed by atoms with Crippen molar-refractivity contribution in [3.63, 3.8) is 0 Å². The molecular weight excluding hydrogens is 323 g/mol. The molecule has 0 saturated heterocycles. The zero-order valence-electron chi connectivity index (χ0n) is 8.74. The van der Waals surface area contributed by atoms with Crippen molar-refractivity contribution >= 4 is 44.9 Å². The van der Waals surface area contributed by atoms with Crippen LogP contribution >= 0.6 is 39.1 Å². The van der Waals surface area contributed by atoms with Crippen molar-refractivity contribution in [1.82, 2.24) is 0 Å². The van der Waals surface area contributed by atoms with Crippen molar-refractivity contribution in [1.29, 1.82) is 0 Å². The number of carbonyl (C=O) groups excluding carboxylic acids is 1. The molecule has 1 aromatic rings. The first kappa shape index (κ1) is 12.9. The fraction of sp³-hybridized carbons (Fsp3) is 0.154. The fourth-order valence-corrected chi connectivity index (χ4v) is 2.12. The molecule has 2 unspecified atom stereocenters. The largest absolute Gasteiger partial charge is 0.289 e. The van der Waals surface area contributed by atoms with E-state index >= 15 is 0 Å². The third-order valence-electron chi connectivity index (χ3n) is 2.48. The van der Waals surface area contributed by atoms with Crippen LogP contribution in [0.5, 0.6) is 0 Å². The van der Waals surface area contributed by atoms with Crippen LogP contribution in [0.2, 0.25) is 0 Å². The van der Waals surface area contributed by atoms with Gasteiger partial charge < -0.3 is 0 Å². The van der Waals surface area contributed by atoms with Crippen molar-refractivity contribution in [3.05, 3.63) is 59.7 Å². The van der Waals surface area contributed by atoms with E-state index in [-0.39, 0.29) is 5.78 Å².